The van der Waals surface area contributed by atoms with Gasteiger partial charge in [0.25, 0.3) is 0 Å². The third-order valence-corrected chi connectivity index (χ3v) is 5.03. The lowest BCUT2D eigenvalue weighted by Gasteiger charge is -2.32. The predicted octanol–water partition coefficient (Wildman–Crippen LogP) is 4.60. The summed E-state index contributed by atoms with van der Waals surface area (Å²) in [6.45, 7) is 0. The van der Waals surface area contributed by atoms with E-state index in [1.165, 1.54) is 18.2 Å². The van der Waals surface area contributed by atoms with Gasteiger partial charge in [0, 0.05) is 24.2 Å². The summed E-state index contributed by atoms with van der Waals surface area (Å²) in [5.74, 6) is -2.46. The number of ether oxygens (including phenoxy) is 1. The van der Waals surface area contributed by atoms with Crippen LogP contribution in [-0.2, 0) is 9.84 Å². The molecule has 0 N–H and O–H groups in total. The van der Waals surface area contributed by atoms with Crippen molar-refractivity contribution < 1.29 is 36.5 Å². The molecule has 1 heterocycles. The normalized spacial score (nSPS) is 18.1. The highest BCUT2D eigenvalue weighted by Gasteiger charge is 2.36. The van der Waals surface area contributed by atoms with E-state index in [4.69, 9.17) is 6.11 Å². The molecule has 29 heavy (non-hydrogen) atoms. The number of sulfone groups is 1. The molecular weight excluding hydrogens is 417 g/mol. The number of rotatable bonds is 4. The molecule has 154 valence electrons. The van der Waals surface area contributed by atoms with Gasteiger partial charge < -0.3 is 9.64 Å². The van der Waals surface area contributed by atoms with Crippen molar-refractivity contribution in [3.05, 3.63) is 78.0 Å². The zero-order valence-electron chi connectivity index (χ0n) is 15.7. The van der Waals surface area contributed by atoms with Gasteiger partial charge >= 0.3 is 6.18 Å². The zero-order chi connectivity index (χ0) is 22.3. The lowest BCUT2D eigenvalue weighted by Crippen LogP contribution is -2.38. The van der Waals surface area contributed by atoms with Gasteiger partial charge in [0.2, 0.25) is 0 Å². The van der Waals surface area contributed by atoms with E-state index in [9.17, 15) is 30.4 Å². The topological polar surface area (TPSA) is 46.6 Å². The summed E-state index contributed by atoms with van der Waals surface area (Å²) in [6.07, 6.45) is -4.39. The van der Waals surface area contributed by atoms with E-state index in [0.717, 1.165) is 29.4 Å². The van der Waals surface area contributed by atoms with Gasteiger partial charge in [-0.1, -0.05) is 6.07 Å². The van der Waals surface area contributed by atoms with Crippen molar-refractivity contribution in [2.75, 3.05) is 11.2 Å². The van der Waals surface area contributed by atoms with Crippen molar-refractivity contribution in [2.24, 2.45) is 0 Å². The van der Waals surface area contributed by atoms with Crippen molar-refractivity contribution in [2.45, 2.75) is 17.3 Å². The molecule has 0 saturated heterocycles. The highest BCUT2D eigenvalue weighted by molar-refractivity contribution is 7.90. The highest BCUT2D eigenvalue weighted by Crippen LogP contribution is 2.34. The van der Waals surface area contributed by atoms with Crippen LogP contribution in [0.5, 0.6) is 5.75 Å². The van der Waals surface area contributed by atoms with Crippen molar-refractivity contribution in [3.63, 3.8) is 0 Å². The summed E-state index contributed by atoms with van der Waals surface area (Å²) in [4.78, 5) is 0.656. The molecule has 0 amide bonds. The van der Waals surface area contributed by atoms with Crippen LogP contribution in [0.1, 0.15) is 1.37 Å². The van der Waals surface area contributed by atoms with Crippen LogP contribution in [0.3, 0.4) is 0 Å². The van der Waals surface area contributed by atoms with Crippen LogP contribution in [0.15, 0.2) is 71.3 Å². The van der Waals surface area contributed by atoms with Crippen LogP contribution >= 0.6 is 0 Å². The first-order valence-electron chi connectivity index (χ1n) is 8.53. The van der Waals surface area contributed by atoms with Crippen molar-refractivity contribution in [1.29, 1.82) is 0 Å². The number of halogens is 5. The second-order valence-corrected chi connectivity index (χ2v) is 8.13. The summed E-state index contributed by atoms with van der Waals surface area (Å²) in [6, 6.07) is 6.54. The third kappa shape index (κ3) is 4.76. The fraction of sp³-hybridized carbons (Fsp3) is 0.158. The molecule has 2 aromatic rings. The van der Waals surface area contributed by atoms with Crippen LogP contribution in [0, 0.1) is 11.6 Å². The maximum Gasteiger partial charge on any atom is 0.417 e. The van der Waals surface area contributed by atoms with Gasteiger partial charge in [-0.2, -0.15) is 13.2 Å². The molecule has 1 aliphatic rings. The van der Waals surface area contributed by atoms with Gasteiger partial charge in [-0.05, 0) is 42.5 Å². The average Bonchev–Trinajstić information content (AvgIpc) is 2.64. The number of hydrogen-bond donors (Lipinski definition) is 0. The van der Waals surface area contributed by atoms with E-state index in [0.29, 0.717) is 18.3 Å². The Morgan fingerprint density at radius 2 is 1.86 bits per heavy atom. The fourth-order valence-corrected chi connectivity index (χ4v) is 3.18. The molecule has 1 unspecified atom stereocenters. The van der Waals surface area contributed by atoms with Gasteiger partial charge in [-0.3, -0.25) is 0 Å². The van der Waals surface area contributed by atoms with E-state index in [1.54, 1.807) is 0 Å². The molecule has 0 aliphatic carbocycles. The molecule has 0 aromatic heterocycles. The number of allylic oxidation sites excluding steroid dienone is 2. The quantitative estimate of drug-likeness (QED) is 0.663. The number of alkyl halides is 3. The van der Waals surface area contributed by atoms with Gasteiger partial charge in [0.15, 0.2) is 27.6 Å². The summed E-state index contributed by atoms with van der Waals surface area (Å²) in [5, 5.41) is 0. The largest absolute Gasteiger partial charge is 0.463 e. The molecule has 4 nitrogen and oxygen atoms in total. The monoisotopic (exact) mass is 432 g/mol. The number of anilines is 1. The van der Waals surface area contributed by atoms with Crippen molar-refractivity contribution in [3.8, 4) is 5.75 Å². The smallest absolute Gasteiger partial charge is 0.417 e. The first-order valence-corrected chi connectivity index (χ1v) is 9.93. The van der Waals surface area contributed by atoms with Crippen LogP contribution in [-0.4, -0.2) is 27.1 Å². The number of nitrogens with zero attached hydrogens (tertiary/aromatic N) is 1. The molecule has 10 heteroatoms. The molecule has 1 atom stereocenters. The third-order valence-electron chi connectivity index (χ3n) is 3.92. The minimum Gasteiger partial charge on any atom is -0.463 e. The summed E-state index contributed by atoms with van der Waals surface area (Å²) < 4.78 is 104. The fourth-order valence-electron chi connectivity index (χ4n) is 2.51. The molecular formula is C19H14F5NO3S. The standard InChI is InChI=1S/C19H14F5NO3S/c1-29(26,27)15-4-2-3-14(10-15)25-11-12(19(22,23)24)5-8-18(25)28-17-9-13(20)6-7-16(17)21/h2-11,18H,1H3/i8D. The van der Waals surface area contributed by atoms with Gasteiger partial charge in [-0.15, -0.1) is 0 Å². The molecule has 2 aromatic carbocycles. The number of benzene rings is 2. The average molecular weight is 432 g/mol. The van der Waals surface area contributed by atoms with Crippen molar-refractivity contribution in [1.82, 2.24) is 0 Å². The van der Waals surface area contributed by atoms with E-state index in [2.05, 4.69) is 0 Å². The lowest BCUT2D eigenvalue weighted by molar-refractivity contribution is -0.0888. The van der Waals surface area contributed by atoms with E-state index >= 15 is 0 Å². The zero-order valence-corrected chi connectivity index (χ0v) is 15.6. The minimum atomic E-state index is -4.81. The lowest BCUT2D eigenvalue weighted by atomic mass is 10.1. The molecule has 0 spiro atoms. The van der Waals surface area contributed by atoms with Crippen molar-refractivity contribution >= 4 is 15.5 Å². The Hall–Kier alpha value is -2.88. The van der Waals surface area contributed by atoms with E-state index in [1.807, 2.05) is 0 Å². The maximum atomic E-state index is 14.0. The molecule has 0 saturated carbocycles. The van der Waals surface area contributed by atoms with Crippen LogP contribution in [0.4, 0.5) is 27.6 Å². The van der Waals surface area contributed by atoms with Crippen LogP contribution in [0.25, 0.3) is 0 Å². The summed E-state index contributed by atoms with van der Waals surface area (Å²) >= 11 is 0. The first-order chi connectivity index (χ1) is 13.9. The van der Waals surface area contributed by atoms with E-state index in [-0.39, 0.29) is 10.6 Å². The second kappa shape index (κ2) is 7.51. The van der Waals surface area contributed by atoms with Gasteiger partial charge in [0.1, 0.15) is 5.82 Å². The molecule has 0 fully saturated rings. The Kier molecular flexibility index (Phi) is 5.03. The number of hydrogen-bond acceptors (Lipinski definition) is 4. The SMILES string of the molecule is [2H]C1=CC(C(F)(F)F)=CN(c2cccc(S(C)(=O)=O)c2)C1Oc1cc(F)ccc1F. The Morgan fingerprint density at radius 1 is 1.14 bits per heavy atom. The Bertz CT molecular complexity index is 1150. The van der Waals surface area contributed by atoms with Gasteiger partial charge in [0.05, 0.1) is 11.8 Å². The highest BCUT2D eigenvalue weighted by atomic mass is 32.2. The summed E-state index contributed by atoms with van der Waals surface area (Å²) in [7, 11) is -3.69. The Balaban J connectivity index is 2.12. The maximum absolute atomic E-state index is 14.0. The molecule has 0 bridgehead atoms. The molecule has 3 rings (SSSR count). The predicted molar refractivity (Wildman–Crippen MR) is 96.1 cm³/mol. The molecule has 0 radical (unpaired) electrons. The Labute approximate surface area is 164 Å². The molecule has 1 aliphatic heterocycles. The second-order valence-electron chi connectivity index (χ2n) is 6.11. The van der Waals surface area contributed by atoms with Gasteiger partial charge in [-0.25, -0.2) is 17.2 Å². The first kappa shape index (κ1) is 19.4. The Morgan fingerprint density at radius 3 is 2.52 bits per heavy atom. The summed E-state index contributed by atoms with van der Waals surface area (Å²) in [5.41, 5.74) is -1.25. The minimum absolute atomic E-state index is 0.0562. The van der Waals surface area contributed by atoms with Crippen LogP contribution in [0.2, 0.25) is 0 Å². The van der Waals surface area contributed by atoms with Crippen LogP contribution < -0.4 is 9.64 Å². The van der Waals surface area contributed by atoms with E-state index < -0.39 is 51.3 Å².